The minimum atomic E-state index is -0.235. The summed E-state index contributed by atoms with van der Waals surface area (Å²) in [6, 6.07) is 19.2. The predicted octanol–water partition coefficient (Wildman–Crippen LogP) is 6.11. The molecule has 0 fully saturated rings. The smallest absolute Gasteiger partial charge is 0.123 e. The zero-order valence-corrected chi connectivity index (χ0v) is 14.0. The number of fused-ring (bicyclic) bond motifs is 1. The van der Waals surface area contributed by atoms with E-state index < -0.39 is 0 Å². The molecule has 3 aromatic carbocycles. The van der Waals surface area contributed by atoms with E-state index in [0.29, 0.717) is 0 Å². The van der Waals surface area contributed by atoms with Crippen LogP contribution in [-0.4, -0.2) is 0 Å². The highest BCUT2D eigenvalue weighted by Gasteiger charge is 2.01. The van der Waals surface area contributed by atoms with E-state index in [1.165, 1.54) is 47.7 Å². The van der Waals surface area contributed by atoms with E-state index >= 15 is 0 Å². The van der Waals surface area contributed by atoms with Gasteiger partial charge in [-0.1, -0.05) is 61.9 Å². The largest absolute Gasteiger partial charge is 0.207 e. The number of hydrogen-bond donors (Lipinski definition) is 0. The molecule has 0 saturated carbocycles. The van der Waals surface area contributed by atoms with Gasteiger partial charge >= 0.3 is 0 Å². The first-order valence-electron chi connectivity index (χ1n) is 8.55. The van der Waals surface area contributed by atoms with E-state index in [4.69, 9.17) is 0 Å². The first kappa shape index (κ1) is 16.3. The van der Waals surface area contributed by atoms with Gasteiger partial charge in [0.1, 0.15) is 5.82 Å². The summed E-state index contributed by atoms with van der Waals surface area (Å²) in [4.78, 5) is 0. The average Bonchev–Trinajstić information content (AvgIpc) is 2.61. The Bertz CT molecular complexity index is 879. The average molecular weight is 316 g/mol. The Morgan fingerprint density at radius 1 is 0.875 bits per heavy atom. The van der Waals surface area contributed by atoms with E-state index in [1.807, 2.05) is 12.1 Å². The van der Waals surface area contributed by atoms with Gasteiger partial charge in [-0.2, -0.15) is 0 Å². The summed E-state index contributed by atoms with van der Waals surface area (Å²) >= 11 is 0. The van der Waals surface area contributed by atoms with Gasteiger partial charge in [0.15, 0.2) is 0 Å². The summed E-state index contributed by atoms with van der Waals surface area (Å²) in [5, 5.41) is 2.40. The minimum Gasteiger partial charge on any atom is -0.207 e. The van der Waals surface area contributed by atoms with Gasteiger partial charge in [0.2, 0.25) is 0 Å². The molecule has 0 nitrogen and oxygen atoms in total. The fraction of sp³-hybridized carbons (Fsp3) is 0.217. The van der Waals surface area contributed by atoms with Gasteiger partial charge in [-0.05, 0) is 59.5 Å². The lowest BCUT2D eigenvalue weighted by Crippen LogP contribution is -1.87. The third-order valence-corrected chi connectivity index (χ3v) is 4.20. The van der Waals surface area contributed by atoms with Gasteiger partial charge in [-0.3, -0.25) is 0 Å². The summed E-state index contributed by atoms with van der Waals surface area (Å²) in [6.07, 6.45) is 4.90. The molecule has 0 aliphatic carbocycles. The molecule has 0 N–H and O–H groups in total. The van der Waals surface area contributed by atoms with Gasteiger partial charge in [0, 0.05) is 11.1 Å². The molecule has 0 radical (unpaired) electrons. The zero-order chi connectivity index (χ0) is 16.8. The van der Waals surface area contributed by atoms with Crippen LogP contribution in [-0.2, 0) is 6.42 Å². The van der Waals surface area contributed by atoms with Gasteiger partial charge in [-0.25, -0.2) is 4.39 Å². The molecule has 1 heteroatoms. The third-order valence-electron chi connectivity index (χ3n) is 4.20. The van der Waals surface area contributed by atoms with Gasteiger partial charge < -0.3 is 0 Å². The number of rotatable bonds is 4. The third kappa shape index (κ3) is 4.03. The fourth-order valence-electron chi connectivity index (χ4n) is 2.85. The molecular weight excluding hydrogens is 295 g/mol. The predicted molar refractivity (Wildman–Crippen MR) is 99.6 cm³/mol. The molecular formula is C23H21F. The molecule has 3 aromatic rings. The molecule has 0 atom stereocenters. The van der Waals surface area contributed by atoms with E-state index in [-0.39, 0.29) is 5.82 Å². The molecule has 0 spiro atoms. The van der Waals surface area contributed by atoms with Crippen LogP contribution in [0.25, 0.3) is 10.8 Å². The first-order valence-corrected chi connectivity index (χ1v) is 8.55. The lowest BCUT2D eigenvalue weighted by Gasteiger charge is -2.05. The molecule has 120 valence electrons. The maximum absolute atomic E-state index is 13.0. The molecule has 3 rings (SSSR count). The molecule has 0 saturated heterocycles. The van der Waals surface area contributed by atoms with Crippen molar-refractivity contribution in [3.05, 3.63) is 83.2 Å². The van der Waals surface area contributed by atoms with Gasteiger partial charge in [0.25, 0.3) is 0 Å². The summed E-state index contributed by atoms with van der Waals surface area (Å²) in [7, 11) is 0. The maximum Gasteiger partial charge on any atom is 0.123 e. The molecule has 0 bridgehead atoms. The van der Waals surface area contributed by atoms with Crippen LogP contribution in [0.1, 0.15) is 42.9 Å². The van der Waals surface area contributed by atoms with Crippen LogP contribution in [0.5, 0.6) is 0 Å². The van der Waals surface area contributed by atoms with E-state index in [9.17, 15) is 4.39 Å². The summed E-state index contributed by atoms with van der Waals surface area (Å²) in [6.45, 7) is 2.23. The Morgan fingerprint density at radius 2 is 1.71 bits per heavy atom. The van der Waals surface area contributed by atoms with E-state index in [2.05, 4.69) is 43.0 Å². The minimum absolute atomic E-state index is 0.235. The quantitative estimate of drug-likeness (QED) is 0.402. The van der Waals surface area contributed by atoms with Crippen molar-refractivity contribution in [3.63, 3.8) is 0 Å². The normalized spacial score (nSPS) is 10.4. The van der Waals surface area contributed by atoms with Crippen molar-refractivity contribution in [2.45, 2.75) is 32.6 Å². The monoisotopic (exact) mass is 316 g/mol. The highest BCUT2D eigenvalue weighted by Crippen LogP contribution is 2.21. The second kappa shape index (κ2) is 7.79. The topological polar surface area (TPSA) is 0 Å². The molecule has 0 aromatic heterocycles. The second-order valence-corrected chi connectivity index (χ2v) is 6.08. The van der Waals surface area contributed by atoms with Gasteiger partial charge in [0.05, 0.1) is 0 Å². The van der Waals surface area contributed by atoms with Crippen LogP contribution >= 0.6 is 0 Å². The van der Waals surface area contributed by atoms with Crippen LogP contribution in [0.2, 0.25) is 0 Å². The Labute approximate surface area is 143 Å². The van der Waals surface area contributed by atoms with Crippen molar-refractivity contribution in [2.24, 2.45) is 0 Å². The summed E-state index contributed by atoms with van der Waals surface area (Å²) in [5.74, 6) is 6.11. The van der Waals surface area contributed by atoms with E-state index in [0.717, 1.165) is 17.5 Å². The van der Waals surface area contributed by atoms with Crippen LogP contribution in [0.15, 0.2) is 60.7 Å². The molecule has 0 unspecified atom stereocenters. The van der Waals surface area contributed by atoms with Crippen molar-refractivity contribution >= 4 is 10.8 Å². The maximum atomic E-state index is 13.0. The molecule has 0 heterocycles. The number of halogens is 1. The molecule has 0 aliphatic rings. The molecule has 24 heavy (non-hydrogen) atoms. The van der Waals surface area contributed by atoms with Crippen molar-refractivity contribution in [1.29, 1.82) is 0 Å². The lowest BCUT2D eigenvalue weighted by molar-refractivity contribution is 0.627. The Kier molecular flexibility index (Phi) is 5.29. The summed E-state index contributed by atoms with van der Waals surface area (Å²) < 4.78 is 13.0. The Morgan fingerprint density at radius 3 is 2.50 bits per heavy atom. The number of aryl methyl sites for hydroxylation is 1. The van der Waals surface area contributed by atoms with Crippen molar-refractivity contribution in [3.8, 4) is 11.8 Å². The Balaban J connectivity index is 1.88. The fourth-order valence-corrected chi connectivity index (χ4v) is 2.85. The van der Waals surface area contributed by atoms with Gasteiger partial charge in [-0.15, -0.1) is 0 Å². The lowest BCUT2D eigenvalue weighted by atomic mass is 9.99. The SMILES string of the molecule is CCCCCc1ccc2c(C#Cc3ccc(F)cc3)cccc2c1. The van der Waals surface area contributed by atoms with E-state index in [1.54, 1.807) is 12.1 Å². The van der Waals surface area contributed by atoms with Crippen LogP contribution < -0.4 is 0 Å². The second-order valence-electron chi connectivity index (χ2n) is 6.08. The van der Waals surface area contributed by atoms with Crippen LogP contribution in [0.4, 0.5) is 4.39 Å². The molecule has 0 amide bonds. The van der Waals surface area contributed by atoms with Crippen molar-refractivity contribution in [1.82, 2.24) is 0 Å². The van der Waals surface area contributed by atoms with Crippen LogP contribution in [0.3, 0.4) is 0 Å². The summed E-state index contributed by atoms with van der Waals surface area (Å²) in [5.41, 5.74) is 3.22. The first-order chi connectivity index (χ1) is 11.8. The Hall–Kier alpha value is -2.59. The number of benzene rings is 3. The number of hydrogen-bond acceptors (Lipinski definition) is 0. The standard InChI is InChI=1S/C23H21F/c1-2-3-4-6-19-12-16-23-20(7-5-8-21(23)17-19)13-9-18-10-14-22(24)15-11-18/h5,7-8,10-12,14-17H,2-4,6H2,1H3. The number of unbranched alkanes of at least 4 members (excludes halogenated alkanes) is 2. The van der Waals surface area contributed by atoms with Crippen LogP contribution in [0, 0.1) is 17.7 Å². The zero-order valence-electron chi connectivity index (χ0n) is 14.0. The molecule has 0 aliphatic heterocycles. The van der Waals surface area contributed by atoms with Crippen molar-refractivity contribution in [2.75, 3.05) is 0 Å². The highest BCUT2D eigenvalue weighted by molar-refractivity contribution is 5.88. The highest BCUT2D eigenvalue weighted by atomic mass is 19.1. The van der Waals surface area contributed by atoms with Crippen molar-refractivity contribution < 1.29 is 4.39 Å².